The monoisotopic (exact) mass is 404 g/mol. The van der Waals surface area contributed by atoms with Gasteiger partial charge in [-0.1, -0.05) is 66.2 Å². The van der Waals surface area contributed by atoms with Crippen LogP contribution in [0.2, 0.25) is 5.02 Å². The molecule has 0 aliphatic heterocycles. The van der Waals surface area contributed by atoms with Gasteiger partial charge in [-0.3, -0.25) is 4.79 Å². The zero-order chi connectivity index (χ0) is 20.2. The van der Waals surface area contributed by atoms with E-state index in [1.165, 1.54) is 0 Å². The Morgan fingerprint density at radius 1 is 1.07 bits per heavy atom. The minimum atomic E-state index is -0.0863. The van der Waals surface area contributed by atoms with Crippen molar-refractivity contribution >= 4 is 28.3 Å². The van der Waals surface area contributed by atoms with E-state index in [4.69, 9.17) is 16.0 Å². The molecule has 0 saturated heterocycles. The number of carbonyl (C=O) groups excluding carboxylic acids is 1. The highest BCUT2D eigenvalue weighted by atomic mass is 35.5. The quantitative estimate of drug-likeness (QED) is 0.431. The van der Waals surface area contributed by atoms with Crippen LogP contribution in [0, 0.1) is 0 Å². The van der Waals surface area contributed by atoms with Crippen LogP contribution in [0.1, 0.15) is 30.8 Å². The van der Waals surface area contributed by atoms with Crippen molar-refractivity contribution in [1.29, 1.82) is 0 Å². The van der Waals surface area contributed by atoms with Gasteiger partial charge in [-0.05, 0) is 35.4 Å². The largest absolute Gasteiger partial charge is 0.441 e. The summed E-state index contributed by atoms with van der Waals surface area (Å²) in [6, 6.07) is 21.7. The summed E-state index contributed by atoms with van der Waals surface area (Å²) < 4.78 is 5.77. The summed E-state index contributed by atoms with van der Waals surface area (Å²) in [5, 5.41) is 6.00. The van der Waals surface area contributed by atoms with Crippen LogP contribution in [0.3, 0.4) is 0 Å². The standard InChI is InChI=1S/C24H21ClN2O2/c1-16(18-11-6-8-17-7-2-3-9-19(17)18)27-23(28)13-14-24-26-15-22(29-24)20-10-4-5-12-21(20)25/h2-12,15-16H,13-14H2,1H3,(H,27,28)/t16-/m1/s1. The molecule has 1 atom stereocenters. The fraction of sp³-hybridized carbons (Fsp3) is 0.167. The first kappa shape index (κ1) is 19.2. The van der Waals surface area contributed by atoms with Crippen molar-refractivity contribution in [1.82, 2.24) is 10.3 Å². The molecule has 5 heteroatoms. The first-order valence-electron chi connectivity index (χ1n) is 9.58. The third-order valence-electron chi connectivity index (χ3n) is 4.93. The van der Waals surface area contributed by atoms with Crippen molar-refractivity contribution in [2.45, 2.75) is 25.8 Å². The number of oxazole rings is 1. The van der Waals surface area contributed by atoms with Gasteiger partial charge in [0, 0.05) is 18.4 Å². The highest BCUT2D eigenvalue weighted by Crippen LogP contribution is 2.28. The molecular weight excluding hydrogens is 384 g/mol. The summed E-state index contributed by atoms with van der Waals surface area (Å²) in [6.07, 6.45) is 2.38. The number of aromatic nitrogens is 1. The maximum Gasteiger partial charge on any atom is 0.220 e. The zero-order valence-electron chi connectivity index (χ0n) is 16.1. The van der Waals surface area contributed by atoms with Crippen LogP contribution >= 0.6 is 11.6 Å². The van der Waals surface area contributed by atoms with Gasteiger partial charge in [-0.2, -0.15) is 0 Å². The fourth-order valence-electron chi connectivity index (χ4n) is 3.45. The molecule has 4 nitrogen and oxygen atoms in total. The van der Waals surface area contributed by atoms with Crippen LogP contribution in [0.25, 0.3) is 22.1 Å². The first-order valence-corrected chi connectivity index (χ1v) is 9.96. The zero-order valence-corrected chi connectivity index (χ0v) is 16.8. The number of rotatable bonds is 6. The Labute approximate surface area is 174 Å². The average molecular weight is 405 g/mol. The number of fused-ring (bicyclic) bond motifs is 1. The Hall–Kier alpha value is -3.11. The second-order valence-electron chi connectivity index (χ2n) is 6.96. The lowest BCUT2D eigenvalue weighted by Crippen LogP contribution is -2.27. The molecule has 0 aliphatic carbocycles. The molecule has 0 saturated carbocycles. The van der Waals surface area contributed by atoms with Crippen molar-refractivity contribution < 1.29 is 9.21 Å². The average Bonchev–Trinajstić information content (AvgIpc) is 3.21. The molecule has 1 heterocycles. The molecule has 1 aromatic heterocycles. The van der Waals surface area contributed by atoms with E-state index >= 15 is 0 Å². The molecule has 146 valence electrons. The second-order valence-corrected chi connectivity index (χ2v) is 7.36. The van der Waals surface area contributed by atoms with E-state index in [-0.39, 0.29) is 11.9 Å². The third kappa shape index (κ3) is 4.33. The van der Waals surface area contributed by atoms with Crippen molar-refractivity contribution in [2.24, 2.45) is 0 Å². The molecule has 0 spiro atoms. The van der Waals surface area contributed by atoms with Gasteiger partial charge in [-0.15, -0.1) is 0 Å². The first-order chi connectivity index (χ1) is 14.1. The van der Waals surface area contributed by atoms with E-state index < -0.39 is 0 Å². The molecule has 1 N–H and O–H groups in total. The number of benzene rings is 3. The minimum Gasteiger partial charge on any atom is -0.441 e. The maximum absolute atomic E-state index is 12.5. The molecule has 1 amide bonds. The van der Waals surface area contributed by atoms with E-state index in [9.17, 15) is 4.79 Å². The van der Waals surface area contributed by atoms with Gasteiger partial charge in [0.1, 0.15) is 0 Å². The summed E-state index contributed by atoms with van der Waals surface area (Å²) >= 11 is 6.20. The van der Waals surface area contributed by atoms with Crippen molar-refractivity contribution in [3.05, 3.63) is 89.4 Å². The Bertz CT molecular complexity index is 1150. The van der Waals surface area contributed by atoms with Crippen LogP contribution in [0.4, 0.5) is 0 Å². The van der Waals surface area contributed by atoms with E-state index in [0.29, 0.717) is 29.5 Å². The Balaban J connectivity index is 1.39. The predicted molar refractivity (Wildman–Crippen MR) is 116 cm³/mol. The number of nitrogens with zero attached hydrogens (tertiary/aromatic N) is 1. The highest BCUT2D eigenvalue weighted by Gasteiger charge is 2.14. The van der Waals surface area contributed by atoms with Crippen molar-refractivity contribution in [2.75, 3.05) is 0 Å². The molecule has 29 heavy (non-hydrogen) atoms. The van der Waals surface area contributed by atoms with E-state index in [1.54, 1.807) is 12.3 Å². The number of aryl methyl sites for hydroxylation is 1. The molecule has 0 aliphatic rings. The smallest absolute Gasteiger partial charge is 0.220 e. The summed E-state index contributed by atoms with van der Waals surface area (Å²) in [5.74, 6) is 1.09. The summed E-state index contributed by atoms with van der Waals surface area (Å²) in [6.45, 7) is 2.00. The number of nitrogens with one attached hydrogen (secondary N) is 1. The number of hydrogen-bond acceptors (Lipinski definition) is 3. The fourth-order valence-corrected chi connectivity index (χ4v) is 3.68. The van der Waals surface area contributed by atoms with Crippen LogP contribution in [0.15, 0.2) is 77.3 Å². The van der Waals surface area contributed by atoms with Gasteiger partial charge in [0.25, 0.3) is 0 Å². The van der Waals surface area contributed by atoms with Gasteiger partial charge in [-0.25, -0.2) is 4.98 Å². The van der Waals surface area contributed by atoms with E-state index in [0.717, 1.165) is 21.9 Å². The van der Waals surface area contributed by atoms with Crippen LogP contribution in [0.5, 0.6) is 0 Å². The normalized spacial score (nSPS) is 12.1. The van der Waals surface area contributed by atoms with Crippen LogP contribution in [-0.2, 0) is 11.2 Å². The van der Waals surface area contributed by atoms with E-state index in [2.05, 4.69) is 34.6 Å². The molecule has 0 fully saturated rings. The summed E-state index contributed by atoms with van der Waals surface area (Å²) in [7, 11) is 0. The molecule has 4 aromatic rings. The lowest BCUT2D eigenvalue weighted by molar-refractivity contribution is -0.121. The number of amides is 1. The summed E-state index contributed by atoms with van der Waals surface area (Å²) in [4.78, 5) is 16.7. The lowest BCUT2D eigenvalue weighted by atomic mass is 9.99. The minimum absolute atomic E-state index is 0.0390. The highest BCUT2D eigenvalue weighted by molar-refractivity contribution is 6.33. The van der Waals surface area contributed by atoms with Crippen LogP contribution in [-0.4, -0.2) is 10.9 Å². The maximum atomic E-state index is 12.5. The van der Waals surface area contributed by atoms with Gasteiger partial charge < -0.3 is 9.73 Å². The van der Waals surface area contributed by atoms with Gasteiger partial charge in [0.15, 0.2) is 11.7 Å². The molecule has 4 rings (SSSR count). The van der Waals surface area contributed by atoms with Gasteiger partial charge in [0.05, 0.1) is 17.3 Å². The molecule has 0 radical (unpaired) electrons. The lowest BCUT2D eigenvalue weighted by Gasteiger charge is -2.16. The van der Waals surface area contributed by atoms with Gasteiger partial charge >= 0.3 is 0 Å². The van der Waals surface area contributed by atoms with Gasteiger partial charge in [0.2, 0.25) is 5.91 Å². The topological polar surface area (TPSA) is 55.1 Å². The third-order valence-corrected chi connectivity index (χ3v) is 5.26. The molecule has 3 aromatic carbocycles. The number of halogens is 1. The second kappa shape index (κ2) is 8.50. The molecular formula is C24H21ClN2O2. The predicted octanol–water partition coefficient (Wildman–Crippen LogP) is 5.96. The van der Waals surface area contributed by atoms with Crippen molar-refractivity contribution in [3.63, 3.8) is 0 Å². The van der Waals surface area contributed by atoms with Crippen LogP contribution < -0.4 is 5.32 Å². The molecule has 0 bridgehead atoms. The Kier molecular flexibility index (Phi) is 5.63. The summed E-state index contributed by atoms with van der Waals surface area (Å²) in [5.41, 5.74) is 1.90. The van der Waals surface area contributed by atoms with E-state index in [1.807, 2.05) is 43.3 Å². The van der Waals surface area contributed by atoms with Crippen molar-refractivity contribution in [3.8, 4) is 11.3 Å². The Morgan fingerprint density at radius 2 is 1.83 bits per heavy atom. The molecule has 0 unspecified atom stereocenters. The number of carbonyl (C=O) groups is 1. The Morgan fingerprint density at radius 3 is 2.69 bits per heavy atom. The SMILES string of the molecule is C[C@@H](NC(=O)CCc1ncc(-c2ccccc2Cl)o1)c1cccc2ccccc12. The number of hydrogen-bond donors (Lipinski definition) is 1.